The number of hydrogen-bond donors (Lipinski definition) is 0. The first-order chi connectivity index (χ1) is 9.94. The Labute approximate surface area is 133 Å². The third-order valence-electron chi connectivity index (χ3n) is 4.63. The highest BCUT2D eigenvalue weighted by atomic mass is 35.5. The Kier molecular flexibility index (Phi) is 5.45. The van der Waals surface area contributed by atoms with Gasteiger partial charge in [0.15, 0.2) is 0 Å². The lowest BCUT2D eigenvalue weighted by molar-refractivity contribution is -0.125. The summed E-state index contributed by atoms with van der Waals surface area (Å²) < 4.78 is 0. The van der Waals surface area contributed by atoms with Crippen molar-refractivity contribution in [2.45, 2.75) is 45.4 Å². The van der Waals surface area contributed by atoms with E-state index in [0.29, 0.717) is 12.2 Å². The monoisotopic (exact) mass is 307 g/mol. The van der Waals surface area contributed by atoms with Gasteiger partial charge in [-0.15, -0.1) is 0 Å². The summed E-state index contributed by atoms with van der Waals surface area (Å²) in [5.41, 5.74) is 0.868. The topological polar surface area (TPSA) is 20.3 Å². The first-order valence-electron chi connectivity index (χ1n) is 7.94. The van der Waals surface area contributed by atoms with Gasteiger partial charge < -0.3 is 4.90 Å². The van der Waals surface area contributed by atoms with Gasteiger partial charge in [0, 0.05) is 23.9 Å². The zero-order valence-corrected chi connectivity index (χ0v) is 14.1. The normalized spacial score (nSPS) is 20.5. The van der Waals surface area contributed by atoms with Crippen molar-refractivity contribution in [3.05, 3.63) is 34.9 Å². The molecule has 0 radical (unpaired) electrons. The van der Waals surface area contributed by atoms with Crippen LogP contribution >= 0.6 is 11.6 Å². The van der Waals surface area contributed by atoms with Crippen LogP contribution in [0.4, 0.5) is 0 Å². The molecule has 0 amide bonds. The molecule has 2 rings (SSSR count). The number of nitrogens with zero attached hydrogens (tertiary/aromatic N) is 1. The molecule has 1 unspecified atom stereocenters. The quantitative estimate of drug-likeness (QED) is 0.808. The van der Waals surface area contributed by atoms with Crippen molar-refractivity contribution in [1.29, 1.82) is 0 Å². The number of Topliss-reactive ketones (excluding diaryl/α,β-unsaturated/α-hetero) is 1. The van der Waals surface area contributed by atoms with E-state index < -0.39 is 0 Å². The molecule has 3 heteroatoms. The van der Waals surface area contributed by atoms with Crippen molar-refractivity contribution in [3.8, 4) is 0 Å². The van der Waals surface area contributed by atoms with Gasteiger partial charge in [0.05, 0.1) is 0 Å². The van der Waals surface area contributed by atoms with Gasteiger partial charge in [-0.1, -0.05) is 50.6 Å². The number of likely N-dealkylation sites (tertiary alicyclic amines) is 1. The lowest BCUT2D eigenvalue weighted by atomic mass is 9.77. The standard InChI is InChI=1S/C18H26ClNO/c1-4-20-11-7-8-14(13-20)17(21)12-18(2,3)15-9-5-6-10-16(15)19/h5-6,9-10,14H,4,7-8,11-13H2,1-3H3. The van der Waals surface area contributed by atoms with Crippen LogP contribution in [0.15, 0.2) is 24.3 Å². The highest BCUT2D eigenvalue weighted by Gasteiger charge is 2.31. The molecular weight excluding hydrogens is 282 g/mol. The Morgan fingerprint density at radius 2 is 2.10 bits per heavy atom. The van der Waals surface area contributed by atoms with Gasteiger partial charge >= 0.3 is 0 Å². The molecular formula is C18H26ClNO. The first-order valence-corrected chi connectivity index (χ1v) is 8.32. The predicted molar refractivity (Wildman–Crippen MR) is 88.9 cm³/mol. The largest absolute Gasteiger partial charge is 0.303 e. The van der Waals surface area contributed by atoms with Crippen molar-refractivity contribution in [2.75, 3.05) is 19.6 Å². The fourth-order valence-electron chi connectivity index (χ4n) is 3.29. The molecule has 1 atom stereocenters. The molecule has 1 aromatic rings. The van der Waals surface area contributed by atoms with Crippen molar-refractivity contribution in [2.24, 2.45) is 5.92 Å². The summed E-state index contributed by atoms with van der Waals surface area (Å²) in [6.07, 6.45) is 2.74. The zero-order chi connectivity index (χ0) is 15.5. The number of benzene rings is 1. The van der Waals surface area contributed by atoms with E-state index in [0.717, 1.165) is 43.1 Å². The van der Waals surface area contributed by atoms with Crippen molar-refractivity contribution in [1.82, 2.24) is 4.90 Å². The molecule has 0 spiro atoms. The maximum absolute atomic E-state index is 12.7. The third kappa shape index (κ3) is 4.08. The highest BCUT2D eigenvalue weighted by molar-refractivity contribution is 6.31. The summed E-state index contributed by atoms with van der Waals surface area (Å²) >= 11 is 6.30. The van der Waals surface area contributed by atoms with Gasteiger partial charge in [-0.3, -0.25) is 4.79 Å². The number of piperidine rings is 1. The molecule has 1 fully saturated rings. The Morgan fingerprint density at radius 1 is 1.38 bits per heavy atom. The Bertz CT molecular complexity index is 498. The molecule has 1 aliphatic heterocycles. The number of rotatable bonds is 5. The molecule has 116 valence electrons. The van der Waals surface area contributed by atoms with Gasteiger partial charge in [-0.25, -0.2) is 0 Å². The summed E-state index contributed by atoms with van der Waals surface area (Å²) in [4.78, 5) is 15.1. The van der Waals surface area contributed by atoms with Crippen LogP contribution in [0.1, 0.15) is 45.6 Å². The molecule has 0 aromatic heterocycles. The van der Waals surface area contributed by atoms with Gasteiger partial charge in [0.2, 0.25) is 0 Å². The van der Waals surface area contributed by atoms with Crippen LogP contribution in [0.3, 0.4) is 0 Å². The number of hydrogen-bond acceptors (Lipinski definition) is 2. The maximum Gasteiger partial charge on any atom is 0.138 e. The van der Waals surface area contributed by atoms with Gasteiger partial charge in [0.25, 0.3) is 0 Å². The molecule has 1 saturated heterocycles. The fourth-order valence-corrected chi connectivity index (χ4v) is 3.68. The van der Waals surface area contributed by atoms with Crippen LogP contribution in [0, 0.1) is 5.92 Å². The molecule has 1 aliphatic rings. The van der Waals surface area contributed by atoms with Crippen molar-refractivity contribution in [3.63, 3.8) is 0 Å². The summed E-state index contributed by atoms with van der Waals surface area (Å²) in [7, 11) is 0. The number of halogens is 1. The average Bonchev–Trinajstić information content (AvgIpc) is 2.47. The van der Waals surface area contributed by atoms with Gasteiger partial charge in [-0.2, -0.15) is 0 Å². The number of carbonyl (C=O) groups is 1. The van der Waals surface area contributed by atoms with Crippen LogP contribution in [0.5, 0.6) is 0 Å². The van der Waals surface area contributed by atoms with Crippen molar-refractivity contribution >= 4 is 17.4 Å². The van der Waals surface area contributed by atoms with E-state index in [9.17, 15) is 4.79 Å². The Hall–Kier alpha value is -0.860. The highest BCUT2D eigenvalue weighted by Crippen LogP contribution is 2.34. The summed E-state index contributed by atoms with van der Waals surface area (Å²) in [6, 6.07) is 7.87. The summed E-state index contributed by atoms with van der Waals surface area (Å²) in [5, 5.41) is 0.758. The minimum absolute atomic E-state index is 0.195. The van der Waals surface area contributed by atoms with E-state index in [1.54, 1.807) is 0 Å². The lowest BCUT2D eigenvalue weighted by Crippen LogP contribution is -2.40. The summed E-state index contributed by atoms with van der Waals surface area (Å²) in [5.74, 6) is 0.582. The van der Waals surface area contributed by atoms with Crippen LogP contribution in [0.2, 0.25) is 5.02 Å². The second-order valence-corrected chi connectivity index (χ2v) is 7.15. The predicted octanol–water partition coefficient (Wildman–Crippen LogP) is 4.31. The minimum atomic E-state index is -0.204. The number of ketones is 1. The van der Waals surface area contributed by atoms with E-state index in [4.69, 9.17) is 11.6 Å². The van der Waals surface area contributed by atoms with Crippen LogP contribution in [-0.2, 0) is 10.2 Å². The van der Waals surface area contributed by atoms with Crippen LogP contribution in [0.25, 0.3) is 0 Å². The van der Waals surface area contributed by atoms with E-state index in [1.807, 2.05) is 24.3 Å². The third-order valence-corrected chi connectivity index (χ3v) is 4.96. The smallest absolute Gasteiger partial charge is 0.138 e. The molecule has 1 heterocycles. The number of carbonyl (C=O) groups excluding carboxylic acids is 1. The minimum Gasteiger partial charge on any atom is -0.303 e. The molecule has 0 bridgehead atoms. The van der Waals surface area contributed by atoms with Crippen molar-refractivity contribution < 1.29 is 4.79 Å². The Balaban J connectivity index is 2.06. The van der Waals surface area contributed by atoms with Crippen LogP contribution in [-0.4, -0.2) is 30.3 Å². The average molecular weight is 308 g/mol. The van der Waals surface area contributed by atoms with E-state index in [1.165, 1.54) is 0 Å². The molecule has 0 N–H and O–H groups in total. The zero-order valence-electron chi connectivity index (χ0n) is 13.4. The molecule has 1 aromatic carbocycles. The SMILES string of the molecule is CCN1CCCC(C(=O)CC(C)(C)c2ccccc2Cl)C1. The molecule has 2 nitrogen and oxygen atoms in total. The van der Waals surface area contributed by atoms with Gasteiger partial charge in [-0.05, 0) is 43.0 Å². The van der Waals surface area contributed by atoms with Crippen LogP contribution < -0.4 is 0 Å². The molecule has 0 saturated carbocycles. The van der Waals surface area contributed by atoms with E-state index >= 15 is 0 Å². The first kappa shape index (κ1) is 16.5. The Morgan fingerprint density at radius 3 is 2.76 bits per heavy atom. The molecule has 0 aliphatic carbocycles. The van der Waals surface area contributed by atoms with E-state index in [2.05, 4.69) is 25.7 Å². The second kappa shape index (κ2) is 6.93. The molecule has 21 heavy (non-hydrogen) atoms. The summed E-state index contributed by atoms with van der Waals surface area (Å²) in [6.45, 7) is 9.50. The fraction of sp³-hybridized carbons (Fsp3) is 0.611. The van der Waals surface area contributed by atoms with E-state index in [-0.39, 0.29) is 11.3 Å². The second-order valence-electron chi connectivity index (χ2n) is 6.74. The van der Waals surface area contributed by atoms with Gasteiger partial charge in [0.1, 0.15) is 5.78 Å². The maximum atomic E-state index is 12.7. The lowest BCUT2D eigenvalue weighted by Gasteiger charge is -2.33.